The van der Waals surface area contributed by atoms with Crippen molar-refractivity contribution in [1.82, 2.24) is 4.57 Å². The highest BCUT2D eigenvalue weighted by Gasteiger charge is 2.26. The zero-order valence-electron chi connectivity index (χ0n) is 27.3. The number of aliphatic imine (C=N–C) groups is 2. The molecular formula is C45H34N4. The molecule has 0 spiro atoms. The van der Waals surface area contributed by atoms with Crippen LogP contribution in [-0.2, 0) is 0 Å². The van der Waals surface area contributed by atoms with Crippen LogP contribution in [0.1, 0.15) is 24.0 Å². The largest absolute Gasteiger partial charge is 0.387 e. The highest BCUT2D eigenvalue weighted by Crippen LogP contribution is 2.46. The van der Waals surface area contributed by atoms with E-state index in [9.17, 15) is 0 Å². The zero-order valence-corrected chi connectivity index (χ0v) is 27.3. The van der Waals surface area contributed by atoms with E-state index in [-0.39, 0.29) is 0 Å². The van der Waals surface area contributed by atoms with Crippen LogP contribution in [0.3, 0.4) is 0 Å². The minimum atomic E-state index is 0.761. The molecule has 1 N–H and O–H groups in total. The van der Waals surface area contributed by atoms with Gasteiger partial charge >= 0.3 is 0 Å². The van der Waals surface area contributed by atoms with E-state index in [0.29, 0.717) is 0 Å². The van der Waals surface area contributed by atoms with Crippen LogP contribution in [-0.4, -0.2) is 24.0 Å². The number of rotatable bonds is 5. The van der Waals surface area contributed by atoms with Crippen molar-refractivity contribution in [2.24, 2.45) is 9.98 Å². The molecule has 0 amide bonds. The van der Waals surface area contributed by atoms with E-state index < -0.39 is 0 Å². The van der Waals surface area contributed by atoms with Gasteiger partial charge in [0.15, 0.2) is 0 Å². The first-order valence-corrected chi connectivity index (χ1v) is 16.8. The number of hydrogen-bond acceptors (Lipinski definition) is 3. The molecule has 234 valence electrons. The number of benzene rings is 6. The topological polar surface area (TPSA) is 41.7 Å². The molecule has 7 aromatic rings. The molecule has 1 heterocycles. The molecule has 2 aliphatic rings. The van der Waals surface area contributed by atoms with Crippen LogP contribution in [0.5, 0.6) is 0 Å². The minimum absolute atomic E-state index is 0.761. The molecule has 1 aromatic heterocycles. The first-order valence-electron chi connectivity index (χ1n) is 16.8. The van der Waals surface area contributed by atoms with Crippen molar-refractivity contribution < 1.29 is 0 Å². The van der Waals surface area contributed by atoms with Crippen LogP contribution in [0.2, 0.25) is 0 Å². The van der Waals surface area contributed by atoms with E-state index in [1.807, 2.05) is 31.3 Å². The third-order valence-corrected chi connectivity index (χ3v) is 9.86. The summed E-state index contributed by atoms with van der Waals surface area (Å²) >= 11 is 0. The molecule has 0 saturated heterocycles. The highest BCUT2D eigenvalue weighted by molar-refractivity contribution is 6.23. The summed E-state index contributed by atoms with van der Waals surface area (Å²) in [5.74, 6) is 0. The number of nitrogens with zero attached hydrogens (tertiary/aromatic N) is 3. The molecule has 0 fully saturated rings. The third kappa shape index (κ3) is 4.68. The SMILES string of the molecule is C=Nc1ccccc1N=C1c2ccccc2-c2cc(-c3ccc4c(c3)c3c(n4-c4ccccc4)=CCCC=3)cc(c2NC)-c2ccccc21. The van der Waals surface area contributed by atoms with Gasteiger partial charge in [-0.05, 0) is 90.3 Å². The summed E-state index contributed by atoms with van der Waals surface area (Å²) in [6.45, 7) is 3.81. The van der Waals surface area contributed by atoms with Gasteiger partial charge in [0.2, 0.25) is 0 Å². The Morgan fingerprint density at radius 2 is 1.20 bits per heavy atom. The van der Waals surface area contributed by atoms with Gasteiger partial charge in [-0.3, -0.25) is 4.99 Å². The van der Waals surface area contributed by atoms with Gasteiger partial charge in [0.25, 0.3) is 0 Å². The van der Waals surface area contributed by atoms with Gasteiger partial charge in [0.05, 0.1) is 22.6 Å². The molecule has 0 radical (unpaired) electrons. The lowest BCUT2D eigenvalue weighted by molar-refractivity contribution is 1.02. The summed E-state index contributed by atoms with van der Waals surface area (Å²) in [6, 6.07) is 47.5. The lowest BCUT2D eigenvalue weighted by atomic mass is 9.82. The summed E-state index contributed by atoms with van der Waals surface area (Å²) in [4.78, 5) is 9.59. The molecule has 6 aromatic carbocycles. The van der Waals surface area contributed by atoms with Crippen molar-refractivity contribution in [3.8, 4) is 39.1 Å². The Morgan fingerprint density at radius 3 is 1.88 bits per heavy atom. The lowest BCUT2D eigenvalue weighted by Crippen LogP contribution is -2.30. The predicted molar refractivity (Wildman–Crippen MR) is 207 cm³/mol. The van der Waals surface area contributed by atoms with Gasteiger partial charge in [-0.15, -0.1) is 0 Å². The Bertz CT molecular complexity index is 2540. The maximum Gasteiger partial charge on any atom is 0.0893 e. The summed E-state index contributed by atoms with van der Waals surface area (Å²) in [6.07, 6.45) is 6.91. The smallest absolute Gasteiger partial charge is 0.0893 e. The number of aromatic nitrogens is 1. The van der Waals surface area contributed by atoms with Crippen LogP contribution < -0.4 is 15.9 Å². The minimum Gasteiger partial charge on any atom is -0.387 e. The fourth-order valence-corrected chi connectivity index (χ4v) is 7.66. The molecule has 0 atom stereocenters. The number of fused-ring (bicyclic) bond motifs is 9. The Labute approximate surface area is 285 Å². The second-order valence-corrected chi connectivity index (χ2v) is 12.6. The number of para-hydroxylation sites is 3. The Kier molecular flexibility index (Phi) is 6.94. The molecule has 2 bridgehead atoms. The zero-order chi connectivity index (χ0) is 32.9. The molecule has 2 aliphatic carbocycles. The number of hydrogen-bond donors (Lipinski definition) is 1. The second kappa shape index (κ2) is 11.8. The highest BCUT2D eigenvalue weighted by atomic mass is 15.0. The summed E-state index contributed by atoms with van der Waals surface area (Å²) in [5, 5.41) is 7.49. The maximum atomic E-state index is 5.31. The summed E-state index contributed by atoms with van der Waals surface area (Å²) < 4.78 is 2.41. The molecule has 0 aliphatic heterocycles. The van der Waals surface area contributed by atoms with E-state index in [4.69, 9.17) is 4.99 Å². The normalized spacial score (nSPS) is 12.8. The Hall–Kier alpha value is -6.26. The van der Waals surface area contributed by atoms with Crippen molar-refractivity contribution in [2.75, 3.05) is 12.4 Å². The van der Waals surface area contributed by atoms with Gasteiger partial charge in [-0.1, -0.05) is 97.1 Å². The lowest BCUT2D eigenvalue weighted by Gasteiger charge is -2.25. The monoisotopic (exact) mass is 630 g/mol. The van der Waals surface area contributed by atoms with Crippen LogP contribution >= 0.6 is 0 Å². The molecule has 0 unspecified atom stereocenters. The molecule has 49 heavy (non-hydrogen) atoms. The fraction of sp³-hybridized carbons (Fsp3) is 0.0667. The first kappa shape index (κ1) is 28.9. The van der Waals surface area contributed by atoms with E-state index >= 15 is 0 Å². The van der Waals surface area contributed by atoms with E-state index in [1.165, 1.54) is 38.3 Å². The quantitative estimate of drug-likeness (QED) is 0.189. The molecule has 4 nitrogen and oxygen atoms in total. The molecule has 0 saturated carbocycles. The van der Waals surface area contributed by atoms with Crippen LogP contribution in [0, 0.1) is 0 Å². The van der Waals surface area contributed by atoms with Crippen molar-refractivity contribution in [1.29, 1.82) is 0 Å². The van der Waals surface area contributed by atoms with Gasteiger partial charge in [-0.25, -0.2) is 4.99 Å². The molecule has 9 rings (SSSR count). The van der Waals surface area contributed by atoms with Crippen LogP contribution in [0.4, 0.5) is 17.1 Å². The van der Waals surface area contributed by atoms with E-state index in [1.54, 1.807) is 0 Å². The molecule has 4 heteroatoms. The number of anilines is 1. The second-order valence-electron chi connectivity index (χ2n) is 12.6. The van der Waals surface area contributed by atoms with Gasteiger partial charge in [0, 0.05) is 56.6 Å². The number of nitrogens with one attached hydrogen (secondary N) is 1. The average Bonchev–Trinajstić information content (AvgIpc) is 3.50. The van der Waals surface area contributed by atoms with Gasteiger partial charge < -0.3 is 9.88 Å². The van der Waals surface area contributed by atoms with Crippen molar-refractivity contribution in [3.63, 3.8) is 0 Å². The van der Waals surface area contributed by atoms with Crippen LogP contribution in [0.15, 0.2) is 143 Å². The summed E-state index contributed by atoms with van der Waals surface area (Å²) in [5.41, 5.74) is 15.1. The fourth-order valence-electron chi connectivity index (χ4n) is 7.66. The Morgan fingerprint density at radius 1 is 0.592 bits per heavy atom. The van der Waals surface area contributed by atoms with E-state index in [2.05, 4.69) is 143 Å². The summed E-state index contributed by atoms with van der Waals surface area (Å²) in [7, 11) is 2.02. The standard InChI is InChI=1S/C45H34N4/c1-46-40-21-11-12-22-41(40)48-45-35-19-8-6-16-32(35)38-27-30(28-39(44(38)47-2)33-17-7-9-20-36(33)45)29-24-25-43-37(26-29)34-18-10-13-23-42(34)49(43)31-14-4-3-5-15-31/h3-9,11-12,14-28,47H,1,10,13H2,2H3. The maximum absolute atomic E-state index is 5.31. The van der Waals surface area contributed by atoms with E-state index in [0.717, 1.165) is 69.0 Å². The third-order valence-electron chi connectivity index (χ3n) is 9.86. The van der Waals surface area contributed by atoms with Crippen molar-refractivity contribution in [2.45, 2.75) is 12.8 Å². The molecular weight excluding hydrogens is 597 g/mol. The first-order chi connectivity index (χ1) is 24.2. The predicted octanol–water partition coefficient (Wildman–Crippen LogP) is 9.84. The van der Waals surface area contributed by atoms with Crippen molar-refractivity contribution >= 4 is 52.5 Å². The van der Waals surface area contributed by atoms with Gasteiger partial charge in [0.1, 0.15) is 0 Å². The van der Waals surface area contributed by atoms with Crippen LogP contribution in [0.25, 0.3) is 62.1 Å². The average molecular weight is 631 g/mol. The Balaban J connectivity index is 1.31. The van der Waals surface area contributed by atoms with Crippen molar-refractivity contribution in [3.05, 3.63) is 155 Å². The van der Waals surface area contributed by atoms with Gasteiger partial charge in [-0.2, -0.15) is 0 Å².